The molecule has 0 N–H and O–H groups in total. The van der Waals surface area contributed by atoms with Gasteiger partial charge in [0, 0.05) is 19.0 Å². The Morgan fingerprint density at radius 2 is 2.20 bits per heavy atom. The molecule has 0 aromatic heterocycles. The number of fused-ring (bicyclic) bond motifs is 2. The molecule has 1 aliphatic carbocycles. The summed E-state index contributed by atoms with van der Waals surface area (Å²) in [6.45, 7) is 6.69. The van der Waals surface area contributed by atoms with Gasteiger partial charge in [0.1, 0.15) is 5.75 Å². The fourth-order valence-corrected chi connectivity index (χ4v) is 3.77. The van der Waals surface area contributed by atoms with E-state index in [-0.39, 0.29) is 0 Å². The van der Waals surface area contributed by atoms with Gasteiger partial charge in [0.2, 0.25) is 0 Å². The molecule has 3 heteroatoms. The van der Waals surface area contributed by atoms with Crippen LogP contribution >= 0.6 is 0 Å². The van der Waals surface area contributed by atoms with E-state index in [1.807, 2.05) is 0 Å². The number of morpholine rings is 1. The van der Waals surface area contributed by atoms with Crippen molar-refractivity contribution >= 4 is 0 Å². The molecule has 1 heterocycles. The third-order valence-corrected chi connectivity index (χ3v) is 4.59. The zero-order valence-electron chi connectivity index (χ0n) is 12.8. The molecule has 110 valence electrons. The van der Waals surface area contributed by atoms with E-state index in [4.69, 9.17) is 9.47 Å². The standard InChI is InChI=1S/C17H25NO2/c1-4-8-18-11-12(2)20-17-10-14-13(9-15(17)18)6-5-7-16(14)19-3/h5-7,12,15,17H,4,8-11H2,1-3H3/t12-,15+,17+/m0/s1. The van der Waals surface area contributed by atoms with Crippen molar-refractivity contribution < 1.29 is 9.47 Å². The monoisotopic (exact) mass is 275 g/mol. The number of hydrogen-bond donors (Lipinski definition) is 0. The molecule has 3 nitrogen and oxygen atoms in total. The number of methoxy groups -OCH3 is 1. The Bertz CT molecular complexity index is 474. The summed E-state index contributed by atoms with van der Waals surface area (Å²) in [6.07, 6.45) is 3.92. The van der Waals surface area contributed by atoms with Crippen LogP contribution in [0.15, 0.2) is 18.2 Å². The topological polar surface area (TPSA) is 21.7 Å². The molecule has 1 aliphatic heterocycles. The predicted octanol–water partition coefficient (Wildman–Crippen LogP) is 2.66. The highest BCUT2D eigenvalue weighted by Gasteiger charge is 2.39. The summed E-state index contributed by atoms with van der Waals surface area (Å²) in [4.78, 5) is 2.63. The molecule has 2 aliphatic rings. The maximum Gasteiger partial charge on any atom is 0.122 e. The van der Waals surface area contributed by atoms with Crippen LogP contribution in [0.2, 0.25) is 0 Å². The molecule has 1 saturated heterocycles. The van der Waals surface area contributed by atoms with Gasteiger partial charge >= 0.3 is 0 Å². The molecule has 20 heavy (non-hydrogen) atoms. The van der Waals surface area contributed by atoms with Crippen molar-refractivity contribution in [3.8, 4) is 5.75 Å². The Morgan fingerprint density at radius 1 is 1.35 bits per heavy atom. The molecule has 0 saturated carbocycles. The Hall–Kier alpha value is -1.06. The van der Waals surface area contributed by atoms with Gasteiger partial charge in [-0.2, -0.15) is 0 Å². The second-order valence-corrected chi connectivity index (χ2v) is 6.05. The first-order chi connectivity index (χ1) is 9.72. The van der Waals surface area contributed by atoms with Crippen molar-refractivity contribution in [2.24, 2.45) is 0 Å². The smallest absolute Gasteiger partial charge is 0.122 e. The summed E-state index contributed by atoms with van der Waals surface area (Å²) in [5.74, 6) is 1.02. The van der Waals surface area contributed by atoms with E-state index in [1.165, 1.54) is 24.1 Å². The summed E-state index contributed by atoms with van der Waals surface area (Å²) in [7, 11) is 1.76. The van der Waals surface area contributed by atoms with Crippen LogP contribution in [0.4, 0.5) is 0 Å². The van der Waals surface area contributed by atoms with Crippen molar-refractivity contribution in [3.05, 3.63) is 29.3 Å². The maximum absolute atomic E-state index is 6.23. The van der Waals surface area contributed by atoms with E-state index in [0.29, 0.717) is 18.2 Å². The fraction of sp³-hybridized carbons (Fsp3) is 0.647. The average molecular weight is 275 g/mol. The highest BCUT2D eigenvalue weighted by atomic mass is 16.5. The number of benzene rings is 1. The number of rotatable bonds is 3. The van der Waals surface area contributed by atoms with Gasteiger partial charge in [-0.1, -0.05) is 19.1 Å². The van der Waals surface area contributed by atoms with Crippen LogP contribution in [0.5, 0.6) is 5.75 Å². The number of ether oxygens (including phenoxy) is 2. The van der Waals surface area contributed by atoms with E-state index in [9.17, 15) is 0 Å². The second-order valence-electron chi connectivity index (χ2n) is 6.05. The minimum atomic E-state index is 0.314. The van der Waals surface area contributed by atoms with Gasteiger partial charge < -0.3 is 9.47 Å². The Morgan fingerprint density at radius 3 is 2.95 bits per heavy atom. The number of hydrogen-bond acceptors (Lipinski definition) is 3. The van der Waals surface area contributed by atoms with Crippen molar-refractivity contribution in [2.45, 2.75) is 51.4 Å². The van der Waals surface area contributed by atoms with E-state index in [1.54, 1.807) is 7.11 Å². The van der Waals surface area contributed by atoms with Gasteiger partial charge in [0.15, 0.2) is 0 Å². The van der Waals surface area contributed by atoms with Crippen LogP contribution in [0.3, 0.4) is 0 Å². The molecule has 1 fully saturated rings. The summed E-state index contributed by atoms with van der Waals surface area (Å²) < 4.78 is 11.8. The first-order valence-electron chi connectivity index (χ1n) is 7.77. The lowest BCUT2D eigenvalue weighted by molar-refractivity contribution is -0.115. The van der Waals surface area contributed by atoms with E-state index < -0.39 is 0 Å². The predicted molar refractivity (Wildman–Crippen MR) is 80.4 cm³/mol. The minimum Gasteiger partial charge on any atom is -0.496 e. The van der Waals surface area contributed by atoms with Crippen LogP contribution in [-0.4, -0.2) is 43.3 Å². The first kappa shape index (κ1) is 13.9. The van der Waals surface area contributed by atoms with Crippen LogP contribution in [-0.2, 0) is 17.6 Å². The van der Waals surface area contributed by atoms with Gasteiger partial charge in [-0.25, -0.2) is 0 Å². The molecule has 0 unspecified atom stereocenters. The lowest BCUT2D eigenvalue weighted by Gasteiger charge is -2.47. The average Bonchev–Trinajstić information content (AvgIpc) is 2.45. The van der Waals surface area contributed by atoms with Gasteiger partial charge in [0.25, 0.3) is 0 Å². The van der Waals surface area contributed by atoms with Crippen molar-refractivity contribution in [1.82, 2.24) is 4.90 Å². The molecular formula is C17H25NO2. The Kier molecular flexibility index (Phi) is 3.99. The minimum absolute atomic E-state index is 0.314. The Labute approximate surface area is 121 Å². The molecule has 1 aromatic rings. The van der Waals surface area contributed by atoms with Crippen molar-refractivity contribution in [3.63, 3.8) is 0 Å². The second kappa shape index (κ2) is 5.74. The molecule has 1 aromatic carbocycles. The normalized spacial score (nSPS) is 29.6. The molecule has 0 spiro atoms. The highest BCUT2D eigenvalue weighted by Crippen LogP contribution is 2.35. The van der Waals surface area contributed by atoms with Gasteiger partial charge in [0.05, 0.1) is 19.3 Å². The fourth-order valence-electron chi connectivity index (χ4n) is 3.77. The third kappa shape index (κ3) is 2.45. The largest absolute Gasteiger partial charge is 0.496 e. The maximum atomic E-state index is 6.23. The Balaban J connectivity index is 1.89. The van der Waals surface area contributed by atoms with E-state index in [0.717, 1.165) is 25.1 Å². The van der Waals surface area contributed by atoms with Crippen LogP contribution < -0.4 is 4.74 Å². The summed E-state index contributed by atoms with van der Waals surface area (Å²) in [6, 6.07) is 6.95. The van der Waals surface area contributed by atoms with Crippen molar-refractivity contribution in [1.29, 1.82) is 0 Å². The molecule has 0 radical (unpaired) electrons. The SMILES string of the molecule is CCCN1C[C@H](C)O[C@@H]2Cc3c(cccc3OC)C[C@H]21. The molecule has 3 rings (SSSR count). The first-order valence-corrected chi connectivity index (χ1v) is 7.77. The van der Waals surface area contributed by atoms with Crippen LogP contribution in [0.1, 0.15) is 31.4 Å². The van der Waals surface area contributed by atoms with Crippen LogP contribution in [0, 0.1) is 0 Å². The molecular weight excluding hydrogens is 250 g/mol. The van der Waals surface area contributed by atoms with Gasteiger partial charge in [-0.05, 0) is 43.5 Å². The number of nitrogens with zero attached hydrogens (tertiary/aromatic N) is 1. The molecule has 0 bridgehead atoms. The summed E-state index contributed by atoms with van der Waals surface area (Å²) >= 11 is 0. The lowest BCUT2D eigenvalue weighted by Crippen LogP contribution is -2.57. The van der Waals surface area contributed by atoms with Gasteiger partial charge in [-0.15, -0.1) is 0 Å². The van der Waals surface area contributed by atoms with Gasteiger partial charge in [-0.3, -0.25) is 4.90 Å². The molecule has 0 amide bonds. The summed E-state index contributed by atoms with van der Waals surface area (Å²) in [5, 5.41) is 0. The van der Waals surface area contributed by atoms with E-state index in [2.05, 4.69) is 36.9 Å². The zero-order valence-corrected chi connectivity index (χ0v) is 12.8. The van der Waals surface area contributed by atoms with Crippen molar-refractivity contribution in [2.75, 3.05) is 20.2 Å². The lowest BCUT2D eigenvalue weighted by atomic mass is 9.83. The highest BCUT2D eigenvalue weighted by molar-refractivity contribution is 5.43. The zero-order chi connectivity index (χ0) is 14.1. The van der Waals surface area contributed by atoms with E-state index >= 15 is 0 Å². The summed E-state index contributed by atoms with van der Waals surface area (Å²) in [5.41, 5.74) is 2.78. The van der Waals surface area contributed by atoms with Crippen LogP contribution in [0.25, 0.3) is 0 Å². The molecule has 3 atom stereocenters. The quantitative estimate of drug-likeness (QED) is 0.846. The third-order valence-electron chi connectivity index (χ3n) is 4.59.